The van der Waals surface area contributed by atoms with Crippen molar-refractivity contribution < 1.29 is 24.2 Å². The second-order valence-electron chi connectivity index (χ2n) is 8.51. The minimum Gasteiger partial charge on any atom is -0.480 e. The Hall–Kier alpha value is -3.42. The number of nitrogens with zero attached hydrogens (tertiary/aromatic N) is 1. The van der Waals surface area contributed by atoms with Crippen LogP contribution >= 0.6 is 0 Å². The van der Waals surface area contributed by atoms with Crippen molar-refractivity contribution in [1.29, 1.82) is 0 Å². The zero-order chi connectivity index (χ0) is 23.0. The first kappa shape index (κ1) is 23.9. The van der Waals surface area contributed by atoms with Crippen molar-refractivity contribution in [3.05, 3.63) is 53.7 Å². The summed E-state index contributed by atoms with van der Waals surface area (Å²) in [4.78, 5) is 39.1. The smallest absolute Gasteiger partial charge is 0.326 e. The van der Waals surface area contributed by atoms with Gasteiger partial charge in [0.2, 0.25) is 11.8 Å². The molecule has 0 radical (unpaired) electrons. The predicted molar refractivity (Wildman–Crippen MR) is 116 cm³/mol. The number of hydrogen-bond acceptors (Lipinski definition) is 5. The van der Waals surface area contributed by atoms with Crippen LogP contribution in [-0.2, 0) is 16.1 Å². The van der Waals surface area contributed by atoms with Gasteiger partial charge in [-0.3, -0.25) is 9.59 Å². The molecule has 0 saturated carbocycles. The molecular formula is C23H29N3O5. The molecule has 8 nitrogen and oxygen atoms in total. The number of benzene rings is 1. The standard InChI is InChI=1S/C23H29N3O5/c1-15(27)24-13-16-6-5-7-18(12-16)31-20-9-8-17(14-25-20)21(28)26-19(22(29)30)10-11-23(2,3)4/h5-9,12,14,19H,10-11,13H2,1-4H3,(H,24,27)(H,26,28)(H,29,30)/t19-/m0/s1. The van der Waals surface area contributed by atoms with Gasteiger partial charge in [0.05, 0.1) is 5.56 Å². The van der Waals surface area contributed by atoms with E-state index in [1.807, 2.05) is 26.8 Å². The van der Waals surface area contributed by atoms with Crippen molar-refractivity contribution in [2.75, 3.05) is 0 Å². The predicted octanol–water partition coefficient (Wildman–Crippen LogP) is 3.52. The van der Waals surface area contributed by atoms with E-state index in [9.17, 15) is 19.5 Å². The van der Waals surface area contributed by atoms with Gasteiger partial charge in [0, 0.05) is 25.7 Å². The minimum atomic E-state index is -1.07. The molecule has 2 rings (SSSR count). The van der Waals surface area contributed by atoms with Gasteiger partial charge in [-0.2, -0.15) is 0 Å². The molecule has 2 aromatic rings. The third-order valence-corrected chi connectivity index (χ3v) is 4.45. The zero-order valence-electron chi connectivity index (χ0n) is 18.3. The summed E-state index contributed by atoms with van der Waals surface area (Å²) in [7, 11) is 0. The summed E-state index contributed by atoms with van der Waals surface area (Å²) < 4.78 is 5.71. The molecule has 31 heavy (non-hydrogen) atoms. The summed E-state index contributed by atoms with van der Waals surface area (Å²) in [5.74, 6) is -0.857. The van der Waals surface area contributed by atoms with Gasteiger partial charge in [0.25, 0.3) is 5.91 Å². The Labute approximate surface area is 182 Å². The molecule has 0 unspecified atom stereocenters. The lowest BCUT2D eigenvalue weighted by Crippen LogP contribution is -2.41. The van der Waals surface area contributed by atoms with Gasteiger partial charge < -0.3 is 20.5 Å². The van der Waals surface area contributed by atoms with Crippen LogP contribution in [0, 0.1) is 5.41 Å². The number of hydrogen-bond donors (Lipinski definition) is 3. The number of rotatable bonds is 9. The number of nitrogens with one attached hydrogen (secondary N) is 2. The fourth-order valence-corrected chi connectivity index (χ4v) is 2.72. The first-order valence-electron chi connectivity index (χ1n) is 10.0. The molecule has 0 saturated heterocycles. The molecule has 0 bridgehead atoms. The number of carbonyl (C=O) groups excluding carboxylic acids is 2. The first-order valence-corrected chi connectivity index (χ1v) is 10.0. The molecule has 1 heterocycles. The fraction of sp³-hybridized carbons (Fsp3) is 0.391. The van der Waals surface area contributed by atoms with E-state index in [-0.39, 0.29) is 22.8 Å². The fourth-order valence-electron chi connectivity index (χ4n) is 2.72. The number of carbonyl (C=O) groups is 3. The number of pyridine rings is 1. The molecule has 0 aliphatic heterocycles. The summed E-state index contributed by atoms with van der Waals surface area (Å²) in [5.41, 5.74) is 1.09. The third-order valence-electron chi connectivity index (χ3n) is 4.45. The lowest BCUT2D eigenvalue weighted by Gasteiger charge is -2.21. The van der Waals surface area contributed by atoms with E-state index in [0.717, 1.165) is 5.56 Å². The molecule has 3 N–H and O–H groups in total. The van der Waals surface area contributed by atoms with E-state index >= 15 is 0 Å². The van der Waals surface area contributed by atoms with Gasteiger partial charge in [-0.25, -0.2) is 9.78 Å². The highest BCUT2D eigenvalue weighted by molar-refractivity contribution is 5.96. The molecule has 1 aromatic heterocycles. The van der Waals surface area contributed by atoms with E-state index in [0.29, 0.717) is 25.1 Å². The van der Waals surface area contributed by atoms with Crippen molar-refractivity contribution in [2.24, 2.45) is 5.41 Å². The molecule has 0 spiro atoms. The Kier molecular flexibility index (Phi) is 8.13. The maximum Gasteiger partial charge on any atom is 0.326 e. The van der Waals surface area contributed by atoms with Crippen molar-refractivity contribution in [3.8, 4) is 11.6 Å². The Morgan fingerprint density at radius 2 is 1.90 bits per heavy atom. The van der Waals surface area contributed by atoms with Gasteiger partial charge in [0.1, 0.15) is 11.8 Å². The molecule has 1 aromatic carbocycles. The van der Waals surface area contributed by atoms with Crippen LogP contribution in [0.1, 0.15) is 56.5 Å². The summed E-state index contributed by atoms with van der Waals surface area (Å²) in [6.07, 6.45) is 2.35. The maximum absolute atomic E-state index is 12.4. The molecular weight excluding hydrogens is 398 g/mol. The van der Waals surface area contributed by atoms with Crippen LogP contribution in [0.15, 0.2) is 42.6 Å². The minimum absolute atomic E-state index is 0.0294. The summed E-state index contributed by atoms with van der Waals surface area (Å²) in [6, 6.07) is 9.31. The number of ether oxygens (including phenoxy) is 1. The number of carboxylic acids is 1. The van der Waals surface area contributed by atoms with E-state index in [1.54, 1.807) is 24.3 Å². The second kappa shape index (κ2) is 10.6. The highest BCUT2D eigenvalue weighted by atomic mass is 16.5. The molecule has 0 aliphatic rings. The van der Waals surface area contributed by atoms with Crippen LogP contribution in [0.3, 0.4) is 0 Å². The van der Waals surface area contributed by atoms with Gasteiger partial charge in [-0.1, -0.05) is 32.9 Å². The largest absolute Gasteiger partial charge is 0.480 e. The number of amides is 2. The van der Waals surface area contributed by atoms with Crippen molar-refractivity contribution in [3.63, 3.8) is 0 Å². The van der Waals surface area contributed by atoms with Crippen LogP contribution in [0.25, 0.3) is 0 Å². The molecule has 166 valence electrons. The molecule has 0 aliphatic carbocycles. The average molecular weight is 428 g/mol. The first-order chi connectivity index (χ1) is 14.5. The quantitative estimate of drug-likeness (QED) is 0.564. The van der Waals surface area contributed by atoms with Crippen LogP contribution in [-0.4, -0.2) is 33.9 Å². The van der Waals surface area contributed by atoms with Gasteiger partial charge in [-0.15, -0.1) is 0 Å². The molecule has 0 fully saturated rings. The van der Waals surface area contributed by atoms with Crippen LogP contribution in [0.5, 0.6) is 11.6 Å². The van der Waals surface area contributed by atoms with Crippen molar-refractivity contribution >= 4 is 17.8 Å². The van der Waals surface area contributed by atoms with E-state index < -0.39 is 17.9 Å². The lowest BCUT2D eigenvalue weighted by molar-refractivity contribution is -0.139. The Morgan fingerprint density at radius 1 is 1.16 bits per heavy atom. The Bertz CT molecular complexity index is 920. The average Bonchev–Trinajstić information content (AvgIpc) is 2.69. The number of carboxylic acid groups (broad SMARTS) is 1. The molecule has 1 atom stereocenters. The van der Waals surface area contributed by atoms with E-state index in [4.69, 9.17) is 4.74 Å². The Balaban J connectivity index is 1.99. The van der Waals surface area contributed by atoms with Gasteiger partial charge in [0.15, 0.2) is 0 Å². The lowest BCUT2D eigenvalue weighted by atomic mass is 9.88. The van der Waals surface area contributed by atoms with Gasteiger partial charge in [-0.05, 0) is 42.0 Å². The van der Waals surface area contributed by atoms with Gasteiger partial charge >= 0.3 is 5.97 Å². The normalized spacial score (nSPS) is 12.0. The number of aliphatic carboxylic acids is 1. The van der Waals surface area contributed by atoms with Crippen molar-refractivity contribution in [2.45, 2.75) is 53.1 Å². The highest BCUT2D eigenvalue weighted by Crippen LogP contribution is 2.22. The van der Waals surface area contributed by atoms with Crippen LogP contribution < -0.4 is 15.4 Å². The molecule has 8 heteroatoms. The summed E-state index contributed by atoms with van der Waals surface area (Å²) in [6.45, 7) is 7.90. The highest BCUT2D eigenvalue weighted by Gasteiger charge is 2.23. The van der Waals surface area contributed by atoms with Crippen molar-refractivity contribution in [1.82, 2.24) is 15.6 Å². The Morgan fingerprint density at radius 3 is 2.48 bits per heavy atom. The number of aromatic nitrogens is 1. The topological polar surface area (TPSA) is 118 Å². The molecule has 2 amide bonds. The zero-order valence-corrected chi connectivity index (χ0v) is 18.3. The monoisotopic (exact) mass is 427 g/mol. The van der Waals surface area contributed by atoms with E-state index in [1.165, 1.54) is 19.2 Å². The summed E-state index contributed by atoms with van der Waals surface area (Å²) >= 11 is 0. The maximum atomic E-state index is 12.4. The van der Waals surface area contributed by atoms with Crippen LogP contribution in [0.2, 0.25) is 0 Å². The third kappa shape index (κ3) is 8.46. The van der Waals surface area contributed by atoms with E-state index in [2.05, 4.69) is 15.6 Å². The second-order valence-corrected chi connectivity index (χ2v) is 8.51. The SMILES string of the molecule is CC(=O)NCc1cccc(Oc2ccc(C(=O)N[C@@H](CCC(C)(C)C)C(=O)O)cn2)c1. The van der Waals surface area contributed by atoms with Crippen LogP contribution in [0.4, 0.5) is 0 Å². The summed E-state index contributed by atoms with van der Waals surface area (Å²) in [5, 5.41) is 14.7.